The summed E-state index contributed by atoms with van der Waals surface area (Å²) in [5.74, 6) is -0.0341. The normalized spacial score (nSPS) is 15.2. The van der Waals surface area contributed by atoms with E-state index < -0.39 is 44.3 Å². The number of halogens is 8. The fraction of sp³-hybridized carbons (Fsp3) is 0.273. The molecule has 0 unspecified atom stereocenters. The molecule has 2 saturated heterocycles. The quantitative estimate of drug-likeness (QED) is 0.112. The van der Waals surface area contributed by atoms with Gasteiger partial charge in [-0.05, 0) is 117 Å². The summed E-state index contributed by atoms with van der Waals surface area (Å²) in [5.41, 5.74) is 2.60. The van der Waals surface area contributed by atoms with Gasteiger partial charge in [0.15, 0.2) is 0 Å². The van der Waals surface area contributed by atoms with Crippen LogP contribution in [-0.2, 0) is 20.0 Å². The Kier molecular flexibility index (Phi) is 15.3. The van der Waals surface area contributed by atoms with Gasteiger partial charge in [-0.1, -0.05) is 0 Å². The fourth-order valence-corrected chi connectivity index (χ4v) is 9.92. The molecule has 0 radical (unpaired) electrons. The van der Waals surface area contributed by atoms with E-state index in [-0.39, 0.29) is 47.7 Å². The highest BCUT2D eigenvalue weighted by molar-refractivity contribution is 7.89. The van der Waals surface area contributed by atoms with Gasteiger partial charge in [-0.3, -0.25) is 0 Å². The van der Waals surface area contributed by atoms with Gasteiger partial charge in [-0.25, -0.2) is 35.6 Å². The molecule has 2 aliphatic heterocycles. The first-order valence-corrected chi connectivity index (χ1v) is 23.9. The van der Waals surface area contributed by atoms with Crippen LogP contribution >= 0.6 is 0 Å². The van der Waals surface area contributed by atoms with Crippen molar-refractivity contribution in [1.29, 1.82) is 0 Å². The number of hydrogen-bond acceptors (Lipinski definition) is 14. The Balaban J connectivity index is 0.000000207. The zero-order chi connectivity index (χ0) is 50.4. The Morgan fingerprint density at radius 1 is 0.500 bits per heavy atom. The van der Waals surface area contributed by atoms with Crippen LogP contribution in [0.25, 0.3) is 0 Å². The zero-order valence-corrected chi connectivity index (χ0v) is 38.5. The van der Waals surface area contributed by atoms with Crippen molar-refractivity contribution in [2.45, 2.75) is 42.8 Å². The maximum atomic E-state index is 13.2. The summed E-state index contributed by atoms with van der Waals surface area (Å²) in [4.78, 5) is 21.1. The summed E-state index contributed by atoms with van der Waals surface area (Å²) in [6, 6.07) is 23.2. The first-order chi connectivity index (χ1) is 33.0. The number of alkyl halides is 6. The predicted octanol–water partition coefficient (Wildman–Crippen LogP) is 8.50. The number of sulfonamides is 2. The van der Waals surface area contributed by atoms with Crippen molar-refractivity contribution >= 4 is 55.0 Å². The number of nitrogens with zero attached hydrogens (tertiary/aromatic N) is 8. The third-order valence-corrected chi connectivity index (χ3v) is 14.0. The number of hydrogen-bond donors (Lipinski definition) is 2. The highest BCUT2D eigenvalue weighted by Gasteiger charge is 2.35. The van der Waals surface area contributed by atoms with Crippen LogP contribution in [0.3, 0.4) is 0 Å². The van der Waals surface area contributed by atoms with E-state index >= 15 is 0 Å². The molecule has 16 nitrogen and oxygen atoms in total. The van der Waals surface area contributed by atoms with Crippen LogP contribution in [0.2, 0.25) is 0 Å². The lowest BCUT2D eigenvalue weighted by Gasteiger charge is -2.22. The molecule has 0 saturated carbocycles. The summed E-state index contributed by atoms with van der Waals surface area (Å²) < 4.78 is 163. The molecule has 0 bridgehead atoms. The number of anilines is 6. The monoisotopic (exact) mass is 1020 g/mol. The number of aryl methyl sites for hydroxylation is 2. The zero-order valence-electron chi connectivity index (χ0n) is 36.9. The van der Waals surface area contributed by atoms with Crippen LogP contribution in [0, 0.1) is 25.5 Å². The molecule has 2 fully saturated rings. The molecule has 0 atom stereocenters. The fourth-order valence-electron chi connectivity index (χ4n) is 7.06. The number of rotatable bonds is 12. The van der Waals surface area contributed by atoms with Crippen LogP contribution in [0.5, 0.6) is 11.5 Å². The number of aromatic nitrogens is 4. The minimum absolute atomic E-state index is 0.0391. The first-order valence-electron chi connectivity index (χ1n) is 21.0. The minimum Gasteiger partial charge on any atom is -0.406 e. The van der Waals surface area contributed by atoms with E-state index in [1.54, 1.807) is 48.2 Å². The van der Waals surface area contributed by atoms with Crippen molar-refractivity contribution in [2.75, 3.05) is 66.4 Å². The molecule has 0 amide bonds. The number of ether oxygens (including phenoxy) is 2. The Morgan fingerprint density at radius 2 is 0.900 bits per heavy atom. The molecule has 4 aromatic carbocycles. The largest absolute Gasteiger partial charge is 0.573 e. The minimum atomic E-state index is -4.87. The molecule has 0 aliphatic carbocycles. The lowest BCUT2D eigenvalue weighted by molar-refractivity contribution is -0.275. The Morgan fingerprint density at radius 3 is 1.34 bits per heavy atom. The molecule has 8 rings (SSSR count). The van der Waals surface area contributed by atoms with Gasteiger partial charge in [0.05, 0.1) is 16.5 Å². The van der Waals surface area contributed by atoms with Gasteiger partial charge in [0, 0.05) is 74.2 Å². The summed E-state index contributed by atoms with van der Waals surface area (Å²) in [6.45, 7) is 5.17. The maximum Gasteiger partial charge on any atom is 0.573 e. The smallest absolute Gasteiger partial charge is 0.406 e. The van der Waals surface area contributed by atoms with E-state index in [4.69, 9.17) is 0 Å². The average Bonchev–Trinajstić information content (AvgIpc) is 3.66. The number of benzene rings is 4. The van der Waals surface area contributed by atoms with Gasteiger partial charge in [0.1, 0.15) is 34.8 Å². The molecule has 2 aromatic heterocycles. The predicted molar refractivity (Wildman–Crippen MR) is 241 cm³/mol. The summed E-state index contributed by atoms with van der Waals surface area (Å²) in [5, 5.41) is 6.17. The molecule has 4 heterocycles. The lowest BCUT2D eigenvalue weighted by Crippen LogP contribution is -2.35. The van der Waals surface area contributed by atoms with Crippen LogP contribution in [0.4, 0.5) is 70.0 Å². The molecule has 372 valence electrons. The van der Waals surface area contributed by atoms with E-state index in [9.17, 15) is 52.0 Å². The average molecular weight is 1020 g/mol. The molecule has 2 aliphatic rings. The van der Waals surface area contributed by atoms with Gasteiger partial charge in [-0.2, -0.15) is 18.6 Å². The van der Waals surface area contributed by atoms with Crippen molar-refractivity contribution in [3.8, 4) is 11.5 Å². The van der Waals surface area contributed by atoms with E-state index in [0.29, 0.717) is 72.4 Å². The second-order valence-electron chi connectivity index (χ2n) is 15.5. The van der Waals surface area contributed by atoms with Crippen molar-refractivity contribution in [1.82, 2.24) is 28.5 Å². The van der Waals surface area contributed by atoms with Crippen molar-refractivity contribution in [3.63, 3.8) is 0 Å². The van der Waals surface area contributed by atoms with Gasteiger partial charge in [0.25, 0.3) is 0 Å². The molecule has 2 N–H and O–H groups in total. The maximum absolute atomic E-state index is 13.2. The van der Waals surface area contributed by atoms with Gasteiger partial charge in [0.2, 0.25) is 31.9 Å². The van der Waals surface area contributed by atoms with E-state index in [1.807, 2.05) is 11.8 Å². The van der Waals surface area contributed by atoms with E-state index in [2.05, 4.69) is 40.0 Å². The second kappa shape index (κ2) is 21.0. The third-order valence-electron chi connectivity index (χ3n) is 10.3. The van der Waals surface area contributed by atoms with E-state index in [1.165, 1.54) is 32.9 Å². The lowest BCUT2D eigenvalue weighted by atomic mass is 10.3. The van der Waals surface area contributed by atoms with Crippen molar-refractivity contribution in [2.24, 2.45) is 0 Å². The Bertz CT molecular complexity index is 2980. The second-order valence-corrected chi connectivity index (χ2v) is 19.4. The van der Waals surface area contributed by atoms with Gasteiger partial charge < -0.3 is 29.9 Å². The highest BCUT2D eigenvalue weighted by atomic mass is 32.2. The standard InChI is InChI=1S/C23H23F4N5O3S.C21H19F4N5O3S/c1-16-15-21(29-18-5-3-17(24)4-6-18)30-22(28-16)31-11-2-12-32(14-13-31)36(33,34)20-9-7-19(8-10-20)35-23(25,26)27;1-14-12-19(27-16-4-2-15(22)3-5-16)28-20(26-14)29-10-11-30(13-29)34(31,32)18-8-6-17(7-9-18)33-21(23,24)25/h3-10,15H,2,11-14H2,1H3,(H,28,29,30);2-9,12H,10-11,13H2,1H3,(H,26,27,28). The van der Waals surface area contributed by atoms with Crippen LogP contribution in [0.15, 0.2) is 119 Å². The summed E-state index contributed by atoms with van der Waals surface area (Å²) in [7, 11) is -7.89. The van der Waals surface area contributed by atoms with E-state index in [0.717, 1.165) is 48.5 Å². The summed E-state index contributed by atoms with van der Waals surface area (Å²) in [6.07, 6.45) is -9.23. The number of nitrogens with one attached hydrogen (secondary N) is 2. The molecular weight excluding hydrogens is 981 g/mol. The van der Waals surface area contributed by atoms with Crippen molar-refractivity contribution < 1.29 is 61.4 Å². The van der Waals surface area contributed by atoms with Crippen LogP contribution in [0.1, 0.15) is 17.8 Å². The molecular formula is C44H42F8N10O6S2. The Labute approximate surface area is 396 Å². The SMILES string of the molecule is Cc1cc(Nc2ccc(F)cc2)nc(N2CCCN(S(=O)(=O)c3ccc(OC(F)(F)F)cc3)CC2)n1.Cc1cc(Nc2ccc(F)cc2)nc(N2CCN(S(=O)(=O)c3ccc(OC(F)(F)F)cc3)C2)n1. The molecule has 6 aromatic rings. The van der Waals surface area contributed by atoms with Gasteiger partial charge >= 0.3 is 12.7 Å². The highest BCUT2D eigenvalue weighted by Crippen LogP contribution is 2.29. The molecule has 70 heavy (non-hydrogen) atoms. The summed E-state index contributed by atoms with van der Waals surface area (Å²) >= 11 is 0. The van der Waals surface area contributed by atoms with Gasteiger partial charge in [-0.15, -0.1) is 26.3 Å². The Hall–Kier alpha value is -6.90. The van der Waals surface area contributed by atoms with Crippen LogP contribution in [-0.4, -0.2) is 104 Å². The van der Waals surface area contributed by atoms with Crippen molar-refractivity contribution in [3.05, 3.63) is 132 Å². The first kappa shape index (κ1) is 51.0. The third kappa shape index (κ3) is 13.7. The van der Waals surface area contributed by atoms with Crippen LogP contribution < -0.4 is 29.9 Å². The molecule has 26 heteroatoms. The molecule has 0 spiro atoms. The topological polar surface area (TPSA) is 175 Å².